The number of thiophene rings is 1. The van der Waals surface area contributed by atoms with Crippen LogP contribution in [-0.4, -0.2) is 5.91 Å². The highest BCUT2D eigenvalue weighted by Gasteiger charge is 2.09. The lowest BCUT2D eigenvalue weighted by Gasteiger charge is -2.06. The maximum absolute atomic E-state index is 11.8. The standard InChI is InChI=1S/C12H8Cl3NOS/c13-7-1-3-9(14)10(5-7)16-12(17)6-8-2-4-11(15)18-8/h1-5H,6H2,(H,16,17). The molecule has 0 bridgehead atoms. The summed E-state index contributed by atoms with van der Waals surface area (Å²) in [6.07, 6.45) is 0.264. The van der Waals surface area contributed by atoms with Crippen molar-refractivity contribution in [1.29, 1.82) is 0 Å². The van der Waals surface area contributed by atoms with E-state index in [0.29, 0.717) is 20.1 Å². The fourth-order valence-electron chi connectivity index (χ4n) is 1.39. The zero-order valence-electron chi connectivity index (χ0n) is 9.04. The summed E-state index contributed by atoms with van der Waals surface area (Å²) in [6, 6.07) is 8.51. The Bertz CT molecular complexity index is 582. The van der Waals surface area contributed by atoms with Gasteiger partial charge in [-0.15, -0.1) is 11.3 Å². The van der Waals surface area contributed by atoms with Gasteiger partial charge in [0.1, 0.15) is 0 Å². The number of nitrogens with one attached hydrogen (secondary N) is 1. The Morgan fingerprint density at radius 3 is 2.61 bits per heavy atom. The van der Waals surface area contributed by atoms with Crippen molar-refractivity contribution in [2.75, 3.05) is 5.32 Å². The van der Waals surface area contributed by atoms with Crippen molar-refractivity contribution >= 4 is 57.7 Å². The molecule has 0 aliphatic heterocycles. The average Bonchev–Trinajstić information content (AvgIpc) is 2.69. The van der Waals surface area contributed by atoms with Crippen LogP contribution in [0.4, 0.5) is 5.69 Å². The number of carbonyl (C=O) groups is 1. The smallest absolute Gasteiger partial charge is 0.229 e. The molecule has 18 heavy (non-hydrogen) atoms. The monoisotopic (exact) mass is 319 g/mol. The molecule has 0 atom stereocenters. The number of carbonyl (C=O) groups excluding carboxylic acids is 1. The van der Waals surface area contributed by atoms with E-state index in [9.17, 15) is 4.79 Å². The van der Waals surface area contributed by atoms with Crippen LogP contribution in [0.3, 0.4) is 0 Å². The van der Waals surface area contributed by atoms with Gasteiger partial charge in [0.25, 0.3) is 0 Å². The molecule has 0 unspecified atom stereocenters. The van der Waals surface area contributed by atoms with Crippen LogP contribution in [0, 0.1) is 0 Å². The van der Waals surface area contributed by atoms with E-state index in [4.69, 9.17) is 34.8 Å². The molecule has 1 aromatic heterocycles. The molecule has 0 aliphatic rings. The molecule has 2 nitrogen and oxygen atoms in total. The molecule has 2 rings (SSSR count). The number of anilines is 1. The van der Waals surface area contributed by atoms with Crippen LogP contribution in [0.15, 0.2) is 30.3 Å². The third-order valence-corrected chi connectivity index (χ3v) is 3.96. The second-order valence-corrected chi connectivity index (χ2v) is 6.20. The maximum Gasteiger partial charge on any atom is 0.229 e. The predicted octanol–water partition coefficient (Wildman–Crippen LogP) is 4.89. The molecule has 0 saturated carbocycles. The summed E-state index contributed by atoms with van der Waals surface area (Å²) in [5.41, 5.74) is 0.511. The van der Waals surface area contributed by atoms with Crippen LogP contribution in [0.1, 0.15) is 4.88 Å². The minimum atomic E-state index is -0.155. The molecule has 0 saturated heterocycles. The van der Waals surface area contributed by atoms with Crippen molar-refractivity contribution in [3.63, 3.8) is 0 Å². The number of amides is 1. The summed E-state index contributed by atoms with van der Waals surface area (Å²) in [4.78, 5) is 12.7. The molecule has 1 heterocycles. The van der Waals surface area contributed by atoms with Gasteiger partial charge in [0, 0.05) is 9.90 Å². The predicted molar refractivity (Wildman–Crippen MR) is 78.1 cm³/mol. The van der Waals surface area contributed by atoms with Gasteiger partial charge in [0.05, 0.1) is 21.5 Å². The van der Waals surface area contributed by atoms with E-state index in [1.807, 2.05) is 6.07 Å². The quantitative estimate of drug-likeness (QED) is 0.857. The molecule has 0 spiro atoms. The number of benzene rings is 1. The minimum absolute atomic E-state index is 0.155. The summed E-state index contributed by atoms with van der Waals surface area (Å²) in [5.74, 6) is -0.155. The van der Waals surface area contributed by atoms with Crippen LogP contribution in [0.2, 0.25) is 14.4 Å². The summed E-state index contributed by atoms with van der Waals surface area (Å²) < 4.78 is 0.665. The van der Waals surface area contributed by atoms with Crippen LogP contribution < -0.4 is 5.32 Å². The molecule has 0 fully saturated rings. The van der Waals surface area contributed by atoms with Crippen molar-refractivity contribution in [3.05, 3.63) is 49.6 Å². The topological polar surface area (TPSA) is 29.1 Å². The molecule has 94 valence electrons. The van der Waals surface area contributed by atoms with E-state index in [1.165, 1.54) is 11.3 Å². The number of hydrogen-bond donors (Lipinski definition) is 1. The van der Waals surface area contributed by atoms with E-state index < -0.39 is 0 Å². The van der Waals surface area contributed by atoms with Gasteiger partial charge in [0.15, 0.2) is 0 Å². The number of rotatable bonds is 3. The Kier molecular flexibility index (Phi) is 4.51. The lowest BCUT2D eigenvalue weighted by molar-refractivity contribution is -0.115. The molecule has 6 heteroatoms. The molecule has 1 amide bonds. The first kappa shape index (κ1) is 13.7. The van der Waals surface area contributed by atoms with E-state index in [1.54, 1.807) is 24.3 Å². The second kappa shape index (κ2) is 5.93. The van der Waals surface area contributed by atoms with Crippen LogP contribution in [0.5, 0.6) is 0 Å². The first-order chi connectivity index (χ1) is 8.54. The van der Waals surface area contributed by atoms with Crippen LogP contribution in [-0.2, 0) is 11.2 Å². The van der Waals surface area contributed by atoms with Gasteiger partial charge in [-0.05, 0) is 30.3 Å². The van der Waals surface area contributed by atoms with Crippen molar-refractivity contribution in [2.24, 2.45) is 0 Å². The van der Waals surface area contributed by atoms with Gasteiger partial charge in [-0.3, -0.25) is 4.79 Å². The Morgan fingerprint density at radius 2 is 1.94 bits per heavy atom. The Labute approximate surface area is 123 Å². The van der Waals surface area contributed by atoms with Crippen LogP contribution in [0.25, 0.3) is 0 Å². The molecule has 1 N–H and O–H groups in total. The van der Waals surface area contributed by atoms with E-state index in [2.05, 4.69) is 5.32 Å². The normalized spacial score (nSPS) is 10.4. The Morgan fingerprint density at radius 1 is 1.17 bits per heavy atom. The lowest BCUT2D eigenvalue weighted by Crippen LogP contribution is -2.13. The first-order valence-electron chi connectivity index (χ1n) is 5.04. The molecule has 1 aromatic carbocycles. The molecule has 0 radical (unpaired) electrons. The van der Waals surface area contributed by atoms with Gasteiger partial charge in [0.2, 0.25) is 5.91 Å². The summed E-state index contributed by atoms with van der Waals surface area (Å²) >= 11 is 19.0. The zero-order chi connectivity index (χ0) is 13.1. The largest absolute Gasteiger partial charge is 0.324 e. The highest BCUT2D eigenvalue weighted by Crippen LogP contribution is 2.26. The van der Waals surface area contributed by atoms with Crippen molar-refractivity contribution in [3.8, 4) is 0 Å². The fourth-order valence-corrected chi connectivity index (χ4v) is 2.82. The van der Waals surface area contributed by atoms with E-state index in [-0.39, 0.29) is 12.3 Å². The SMILES string of the molecule is O=C(Cc1ccc(Cl)s1)Nc1cc(Cl)ccc1Cl. The Balaban J connectivity index is 2.05. The third-order valence-electron chi connectivity index (χ3n) is 2.17. The minimum Gasteiger partial charge on any atom is -0.324 e. The Hall–Kier alpha value is -0.740. The number of hydrogen-bond acceptors (Lipinski definition) is 2. The van der Waals surface area contributed by atoms with Crippen LogP contribution >= 0.6 is 46.1 Å². The summed E-state index contributed by atoms with van der Waals surface area (Å²) in [7, 11) is 0. The molecule has 2 aromatic rings. The molecule has 0 aliphatic carbocycles. The highest BCUT2D eigenvalue weighted by atomic mass is 35.5. The molecular formula is C12H8Cl3NOS. The average molecular weight is 321 g/mol. The molecular weight excluding hydrogens is 313 g/mol. The van der Waals surface area contributed by atoms with E-state index >= 15 is 0 Å². The van der Waals surface area contributed by atoms with E-state index in [0.717, 1.165) is 4.88 Å². The first-order valence-corrected chi connectivity index (χ1v) is 6.99. The summed E-state index contributed by atoms with van der Waals surface area (Å²) in [6.45, 7) is 0. The maximum atomic E-state index is 11.8. The number of halogens is 3. The second-order valence-electron chi connectivity index (χ2n) is 3.55. The van der Waals surface area contributed by atoms with Crippen molar-refractivity contribution in [1.82, 2.24) is 0 Å². The lowest BCUT2D eigenvalue weighted by atomic mass is 10.3. The van der Waals surface area contributed by atoms with Gasteiger partial charge < -0.3 is 5.32 Å². The zero-order valence-corrected chi connectivity index (χ0v) is 12.1. The third kappa shape index (κ3) is 3.62. The van der Waals surface area contributed by atoms with Crippen molar-refractivity contribution < 1.29 is 4.79 Å². The van der Waals surface area contributed by atoms with Gasteiger partial charge >= 0.3 is 0 Å². The van der Waals surface area contributed by atoms with Gasteiger partial charge in [-0.1, -0.05) is 34.8 Å². The highest BCUT2D eigenvalue weighted by molar-refractivity contribution is 7.16. The fraction of sp³-hybridized carbons (Fsp3) is 0.0833. The van der Waals surface area contributed by atoms with Gasteiger partial charge in [-0.25, -0.2) is 0 Å². The summed E-state index contributed by atoms with van der Waals surface area (Å²) in [5, 5.41) is 3.69. The van der Waals surface area contributed by atoms with Gasteiger partial charge in [-0.2, -0.15) is 0 Å². The van der Waals surface area contributed by atoms with Crippen molar-refractivity contribution in [2.45, 2.75) is 6.42 Å².